The lowest BCUT2D eigenvalue weighted by atomic mass is 9.49. The molecular formula is C17H28ClNO. The van der Waals surface area contributed by atoms with Crippen molar-refractivity contribution >= 4 is 17.5 Å². The highest BCUT2D eigenvalue weighted by Gasteiger charge is 2.51. The van der Waals surface area contributed by atoms with Crippen LogP contribution in [0.25, 0.3) is 0 Å². The zero-order valence-electron chi connectivity index (χ0n) is 12.9. The molecule has 20 heavy (non-hydrogen) atoms. The van der Waals surface area contributed by atoms with Gasteiger partial charge in [0.25, 0.3) is 0 Å². The van der Waals surface area contributed by atoms with Crippen LogP contribution in [0, 0.1) is 23.2 Å². The molecular weight excluding hydrogens is 270 g/mol. The summed E-state index contributed by atoms with van der Waals surface area (Å²) in [7, 11) is 0. The maximum atomic E-state index is 12.5. The third-order valence-corrected chi connectivity index (χ3v) is 6.09. The second-order valence-corrected chi connectivity index (χ2v) is 8.84. The molecule has 3 heteroatoms. The lowest BCUT2D eigenvalue weighted by Crippen LogP contribution is -2.50. The van der Waals surface area contributed by atoms with Crippen LogP contribution in [0.4, 0.5) is 0 Å². The van der Waals surface area contributed by atoms with Gasteiger partial charge in [-0.1, -0.05) is 0 Å². The number of hydrogen-bond acceptors (Lipinski definition) is 1. The summed E-state index contributed by atoms with van der Waals surface area (Å²) in [6.45, 7) is 4.15. The van der Waals surface area contributed by atoms with E-state index in [1.165, 1.54) is 38.5 Å². The van der Waals surface area contributed by atoms with Crippen LogP contribution in [0.2, 0.25) is 0 Å². The summed E-state index contributed by atoms with van der Waals surface area (Å²) >= 11 is 5.82. The molecule has 1 amide bonds. The first-order chi connectivity index (χ1) is 9.40. The highest BCUT2D eigenvalue weighted by atomic mass is 35.5. The highest BCUT2D eigenvalue weighted by Crippen LogP contribution is 2.61. The van der Waals surface area contributed by atoms with Gasteiger partial charge in [-0.25, -0.2) is 0 Å². The third kappa shape index (κ3) is 3.00. The van der Waals surface area contributed by atoms with E-state index in [9.17, 15) is 4.79 Å². The van der Waals surface area contributed by atoms with Gasteiger partial charge in [0.1, 0.15) is 0 Å². The number of hydrogen-bond donors (Lipinski definition) is 1. The van der Waals surface area contributed by atoms with Crippen LogP contribution in [-0.2, 0) is 4.79 Å². The quantitative estimate of drug-likeness (QED) is 0.760. The molecule has 2 nitrogen and oxygen atoms in total. The summed E-state index contributed by atoms with van der Waals surface area (Å²) in [6.07, 6.45) is 9.84. The van der Waals surface area contributed by atoms with Crippen LogP contribution in [-0.4, -0.2) is 17.3 Å². The molecule has 0 unspecified atom stereocenters. The van der Waals surface area contributed by atoms with E-state index < -0.39 is 0 Å². The van der Waals surface area contributed by atoms with Crippen molar-refractivity contribution in [1.29, 1.82) is 0 Å². The van der Waals surface area contributed by atoms with Crippen LogP contribution in [0.15, 0.2) is 0 Å². The Kier molecular flexibility index (Phi) is 3.81. The third-order valence-electron chi connectivity index (χ3n) is 5.90. The van der Waals surface area contributed by atoms with Crippen LogP contribution in [0.1, 0.15) is 65.2 Å². The van der Waals surface area contributed by atoms with Gasteiger partial charge < -0.3 is 5.32 Å². The summed E-state index contributed by atoms with van der Waals surface area (Å²) in [6, 6.07) is 0. The maximum Gasteiger partial charge on any atom is 0.220 e. The summed E-state index contributed by atoms with van der Waals surface area (Å²) in [4.78, 5) is 12.5. The van der Waals surface area contributed by atoms with E-state index in [0.29, 0.717) is 11.3 Å². The minimum Gasteiger partial charge on any atom is -0.351 e. The van der Waals surface area contributed by atoms with Crippen molar-refractivity contribution in [2.24, 2.45) is 23.2 Å². The molecule has 0 aromatic rings. The van der Waals surface area contributed by atoms with Gasteiger partial charge in [-0.15, -0.1) is 11.6 Å². The Morgan fingerprint density at radius 3 is 2.10 bits per heavy atom. The fourth-order valence-corrected chi connectivity index (χ4v) is 6.04. The average molecular weight is 298 g/mol. The molecule has 4 bridgehead atoms. The number of rotatable bonds is 5. The van der Waals surface area contributed by atoms with Crippen molar-refractivity contribution in [3.8, 4) is 0 Å². The minimum absolute atomic E-state index is 0.166. The molecule has 4 fully saturated rings. The minimum atomic E-state index is -0.166. The zero-order valence-corrected chi connectivity index (χ0v) is 13.6. The molecule has 0 radical (unpaired) electrons. The molecule has 4 saturated carbocycles. The molecule has 4 aliphatic rings. The van der Waals surface area contributed by atoms with Crippen molar-refractivity contribution < 1.29 is 4.79 Å². The number of carbonyl (C=O) groups excluding carboxylic acids is 1. The second-order valence-electron chi connectivity index (χ2n) is 8.47. The van der Waals surface area contributed by atoms with Crippen molar-refractivity contribution in [3.63, 3.8) is 0 Å². The number of alkyl halides is 1. The van der Waals surface area contributed by atoms with E-state index in [0.717, 1.165) is 30.6 Å². The lowest BCUT2D eigenvalue weighted by molar-refractivity contribution is -0.131. The molecule has 114 valence electrons. The SMILES string of the molecule is CC(C)(CCCl)NC(=O)CC12CC3CC(CC(C3)C1)C2. The van der Waals surface area contributed by atoms with E-state index in [2.05, 4.69) is 19.2 Å². The van der Waals surface area contributed by atoms with Gasteiger partial charge in [-0.2, -0.15) is 0 Å². The molecule has 0 heterocycles. The Morgan fingerprint density at radius 2 is 1.65 bits per heavy atom. The first-order valence-electron chi connectivity index (χ1n) is 8.27. The number of carbonyl (C=O) groups is 1. The van der Waals surface area contributed by atoms with Gasteiger partial charge in [-0.05, 0) is 82.0 Å². The highest BCUT2D eigenvalue weighted by molar-refractivity contribution is 6.17. The molecule has 0 spiro atoms. The maximum absolute atomic E-state index is 12.5. The standard InChI is InChI=1S/C17H28ClNO/c1-16(2,3-4-18)19-15(20)11-17-8-12-5-13(9-17)7-14(6-12)10-17/h12-14H,3-11H2,1-2H3,(H,19,20). The van der Waals surface area contributed by atoms with Gasteiger partial charge >= 0.3 is 0 Å². The Balaban J connectivity index is 1.61. The van der Waals surface area contributed by atoms with Gasteiger partial charge in [-0.3, -0.25) is 4.79 Å². The molecule has 0 saturated heterocycles. The zero-order chi connectivity index (χ0) is 14.4. The van der Waals surface area contributed by atoms with Crippen molar-refractivity contribution in [2.75, 3.05) is 5.88 Å². The normalized spacial score (nSPS) is 39.0. The average Bonchev–Trinajstić information content (AvgIpc) is 2.23. The Bertz CT molecular complexity index is 355. The summed E-state index contributed by atoms with van der Waals surface area (Å²) in [5, 5.41) is 3.21. The number of halogens is 1. The summed E-state index contributed by atoms with van der Waals surface area (Å²) in [5.74, 6) is 3.62. The van der Waals surface area contributed by atoms with E-state index in [-0.39, 0.29) is 11.4 Å². The predicted molar refractivity (Wildman–Crippen MR) is 82.8 cm³/mol. The van der Waals surface area contributed by atoms with Gasteiger partial charge in [0, 0.05) is 17.8 Å². The number of amides is 1. The Labute approximate surface area is 128 Å². The first-order valence-corrected chi connectivity index (χ1v) is 8.80. The van der Waals surface area contributed by atoms with Gasteiger partial charge in [0.05, 0.1) is 0 Å². The Morgan fingerprint density at radius 1 is 1.15 bits per heavy atom. The molecule has 0 aromatic carbocycles. The molecule has 0 aliphatic heterocycles. The fraction of sp³-hybridized carbons (Fsp3) is 0.941. The van der Waals surface area contributed by atoms with Gasteiger partial charge in [0.2, 0.25) is 5.91 Å². The molecule has 0 atom stereocenters. The van der Waals surface area contributed by atoms with E-state index >= 15 is 0 Å². The first kappa shape index (κ1) is 14.7. The predicted octanol–water partition coefficient (Wildman–Crippen LogP) is 4.12. The molecule has 4 rings (SSSR count). The van der Waals surface area contributed by atoms with E-state index in [1.807, 2.05) is 0 Å². The monoisotopic (exact) mass is 297 g/mol. The fourth-order valence-electron chi connectivity index (χ4n) is 5.57. The summed E-state index contributed by atoms with van der Waals surface area (Å²) in [5.41, 5.74) is 0.178. The molecule has 4 aliphatic carbocycles. The number of nitrogens with one attached hydrogen (secondary N) is 1. The molecule has 0 aromatic heterocycles. The van der Waals surface area contributed by atoms with Crippen molar-refractivity contribution in [3.05, 3.63) is 0 Å². The van der Waals surface area contributed by atoms with Crippen LogP contribution >= 0.6 is 11.6 Å². The lowest BCUT2D eigenvalue weighted by Gasteiger charge is -2.56. The van der Waals surface area contributed by atoms with Crippen LogP contribution in [0.5, 0.6) is 0 Å². The van der Waals surface area contributed by atoms with Crippen LogP contribution in [0.3, 0.4) is 0 Å². The largest absolute Gasteiger partial charge is 0.351 e. The second kappa shape index (κ2) is 5.19. The summed E-state index contributed by atoms with van der Waals surface area (Å²) < 4.78 is 0. The molecule has 1 N–H and O–H groups in total. The van der Waals surface area contributed by atoms with Gasteiger partial charge in [0.15, 0.2) is 0 Å². The van der Waals surface area contributed by atoms with E-state index in [4.69, 9.17) is 11.6 Å². The topological polar surface area (TPSA) is 29.1 Å². The van der Waals surface area contributed by atoms with Crippen molar-refractivity contribution in [2.45, 2.75) is 70.8 Å². The smallest absolute Gasteiger partial charge is 0.220 e. The van der Waals surface area contributed by atoms with Crippen LogP contribution < -0.4 is 5.32 Å². The Hall–Kier alpha value is -0.240. The van der Waals surface area contributed by atoms with E-state index in [1.54, 1.807) is 0 Å². The van der Waals surface area contributed by atoms with Crippen molar-refractivity contribution in [1.82, 2.24) is 5.32 Å².